The van der Waals surface area contributed by atoms with Crippen LogP contribution >= 0.6 is 54.1 Å². The first-order valence-corrected chi connectivity index (χ1v) is 24.8. The van der Waals surface area contributed by atoms with Crippen molar-refractivity contribution in [2.75, 3.05) is 6.61 Å². The van der Waals surface area contributed by atoms with E-state index in [0.717, 1.165) is 0 Å². The maximum atomic E-state index is 5.43. The molecule has 0 aliphatic carbocycles. The van der Waals surface area contributed by atoms with E-state index in [4.69, 9.17) is 2.81 Å². The summed E-state index contributed by atoms with van der Waals surface area (Å²) in [5.74, 6) is 0. The monoisotopic (exact) mass is 528 g/mol. The predicted octanol–water partition coefficient (Wildman–Crippen LogP) is 3.31. The molecule has 0 aliphatic rings. The summed E-state index contributed by atoms with van der Waals surface area (Å²) in [6, 6.07) is 0. The van der Waals surface area contributed by atoms with Gasteiger partial charge in [-0.1, -0.05) is 0 Å². The van der Waals surface area contributed by atoms with Crippen LogP contribution in [0.15, 0.2) is 12.7 Å². The van der Waals surface area contributed by atoms with Crippen molar-refractivity contribution < 1.29 is 10.9 Å². The molecule has 0 radical (unpaired) electrons. The number of hydrogen-bond donors (Lipinski definition) is 0. The van der Waals surface area contributed by atoms with E-state index in [1.165, 1.54) is 0 Å². The average molecular weight is 529 g/mol. The number of hydrogen-bond acceptors (Lipinski definition) is 1. The molecule has 0 saturated carbocycles. The molecule has 0 fully saturated rings. The molecule has 5 heteroatoms. The van der Waals surface area contributed by atoms with Gasteiger partial charge in [-0.2, -0.15) is 0 Å². The standard InChI is InChI=1S/C3H5O.3HI.Zr/c1-2-3-4;;;;/h2H,1,3H2;3*1H;/q-1;;;;+4/p-3. The molecule has 0 spiro atoms. The number of halogens is 3. The van der Waals surface area contributed by atoms with E-state index in [0.29, 0.717) is 6.61 Å². The summed E-state index contributed by atoms with van der Waals surface area (Å²) in [6.07, 6.45) is 1.79. The van der Waals surface area contributed by atoms with Crippen molar-refractivity contribution in [1.29, 1.82) is 0 Å². The first-order valence-electron chi connectivity index (χ1n) is 1.88. The summed E-state index contributed by atoms with van der Waals surface area (Å²) in [4.78, 5) is 0. The molecule has 0 aromatic carbocycles. The molecule has 0 aliphatic heterocycles. The Bertz CT molecular complexity index is 79.1. The zero-order valence-corrected chi connectivity index (χ0v) is 13.0. The molecule has 0 unspecified atom stereocenters. The third kappa shape index (κ3) is 8.77. The first kappa shape index (κ1) is 10.8. The van der Waals surface area contributed by atoms with Crippen molar-refractivity contribution in [2.45, 2.75) is 0 Å². The molecule has 0 rings (SSSR count). The second-order valence-electron chi connectivity index (χ2n) is 1.05. The molecular formula is C3H5I3OZr. The van der Waals surface area contributed by atoms with Gasteiger partial charge in [0.2, 0.25) is 0 Å². The van der Waals surface area contributed by atoms with E-state index in [1.807, 2.05) is 0 Å². The van der Waals surface area contributed by atoms with Crippen molar-refractivity contribution in [1.82, 2.24) is 0 Å². The zero-order valence-electron chi connectivity index (χ0n) is 4.03. The van der Waals surface area contributed by atoms with Crippen molar-refractivity contribution in [3.05, 3.63) is 12.7 Å². The van der Waals surface area contributed by atoms with Gasteiger partial charge in [-0.3, -0.25) is 0 Å². The molecule has 0 aromatic rings. The Morgan fingerprint density at radius 2 is 2.00 bits per heavy atom. The van der Waals surface area contributed by atoms with Gasteiger partial charge in [0.15, 0.2) is 0 Å². The molecule has 0 N–H and O–H groups in total. The van der Waals surface area contributed by atoms with Crippen LogP contribution in [0.5, 0.6) is 0 Å². The fourth-order valence-electron chi connectivity index (χ4n) is 0.153. The van der Waals surface area contributed by atoms with Crippen molar-refractivity contribution in [3.63, 3.8) is 0 Å². The molecule has 0 saturated heterocycles. The third-order valence-corrected chi connectivity index (χ3v) is 7.11. The van der Waals surface area contributed by atoms with Crippen LogP contribution in [0.25, 0.3) is 0 Å². The molecule has 0 amide bonds. The van der Waals surface area contributed by atoms with Crippen LogP contribution < -0.4 is 0 Å². The molecule has 48 valence electrons. The van der Waals surface area contributed by atoms with Crippen LogP contribution in [0.2, 0.25) is 0 Å². The Hall–Kier alpha value is 2.77. The minimum atomic E-state index is -1.97. The molecular weight excluding hydrogens is 524 g/mol. The van der Waals surface area contributed by atoms with Gasteiger partial charge in [-0.05, 0) is 0 Å². The second kappa shape index (κ2) is 5.43. The van der Waals surface area contributed by atoms with E-state index in [2.05, 4.69) is 60.7 Å². The normalized spacial score (nSPS) is 11.4. The third-order valence-electron chi connectivity index (χ3n) is 0.365. The summed E-state index contributed by atoms with van der Waals surface area (Å²) < 4.78 is 5.43. The maximum absolute atomic E-state index is 5.43. The molecule has 0 atom stereocenters. The molecule has 0 heterocycles. The van der Waals surface area contributed by atoms with Gasteiger partial charge in [-0.25, -0.2) is 0 Å². The van der Waals surface area contributed by atoms with Gasteiger partial charge in [0.1, 0.15) is 0 Å². The van der Waals surface area contributed by atoms with Crippen LogP contribution in [0, 0.1) is 0 Å². The minimum absolute atomic E-state index is 0.713. The molecule has 1 nitrogen and oxygen atoms in total. The Morgan fingerprint density at radius 3 is 2.12 bits per heavy atom. The van der Waals surface area contributed by atoms with Crippen LogP contribution in [0.3, 0.4) is 0 Å². The molecule has 8 heavy (non-hydrogen) atoms. The van der Waals surface area contributed by atoms with Crippen LogP contribution in [0.4, 0.5) is 0 Å². The summed E-state index contributed by atoms with van der Waals surface area (Å²) in [7, 11) is -1.97. The summed E-state index contributed by atoms with van der Waals surface area (Å²) >= 11 is 7.24. The Balaban J connectivity index is 3.24. The summed E-state index contributed by atoms with van der Waals surface area (Å²) in [5.41, 5.74) is 0. The van der Waals surface area contributed by atoms with Gasteiger partial charge in [0.25, 0.3) is 0 Å². The van der Waals surface area contributed by atoms with Crippen molar-refractivity contribution in [3.8, 4) is 0 Å². The molecule has 0 bridgehead atoms. The van der Waals surface area contributed by atoms with Gasteiger partial charge >= 0.3 is 84.3 Å². The molecule has 0 aromatic heterocycles. The summed E-state index contributed by atoms with van der Waals surface area (Å²) in [5, 5.41) is 0. The van der Waals surface area contributed by atoms with E-state index in [-0.39, 0.29) is 0 Å². The van der Waals surface area contributed by atoms with Crippen LogP contribution in [0.1, 0.15) is 0 Å². The van der Waals surface area contributed by atoms with Crippen molar-refractivity contribution in [2.24, 2.45) is 0 Å². The van der Waals surface area contributed by atoms with Gasteiger partial charge in [-0.15, -0.1) is 0 Å². The average Bonchev–Trinajstić information content (AvgIpc) is 1.59. The van der Waals surface area contributed by atoms with Gasteiger partial charge in [0, 0.05) is 0 Å². The van der Waals surface area contributed by atoms with Gasteiger partial charge in [0.05, 0.1) is 0 Å². The van der Waals surface area contributed by atoms with Crippen LogP contribution in [-0.2, 0) is 10.9 Å². The fourth-order valence-corrected chi connectivity index (χ4v) is 4.10. The Labute approximate surface area is 82.1 Å². The van der Waals surface area contributed by atoms with E-state index in [1.54, 1.807) is 6.08 Å². The van der Waals surface area contributed by atoms with Crippen molar-refractivity contribution >= 4 is 54.1 Å². The fraction of sp³-hybridized carbons (Fsp3) is 0.333. The van der Waals surface area contributed by atoms with E-state index < -0.39 is 8.14 Å². The van der Waals surface area contributed by atoms with Crippen LogP contribution in [-0.4, -0.2) is 6.61 Å². The summed E-state index contributed by atoms with van der Waals surface area (Å²) in [6.45, 7) is 4.28. The predicted molar refractivity (Wildman–Crippen MR) is 58.2 cm³/mol. The zero-order chi connectivity index (χ0) is 6.62. The number of rotatable bonds is 3. The SMILES string of the molecule is C=CC[O][Zr]([I])([I])[I]. The van der Waals surface area contributed by atoms with Gasteiger partial charge < -0.3 is 0 Å². The second-order valence-corrected chi connectivity index (χ2v) is 67.5. The van der Waals surface area contributed by atoms with E-state index in [9.17, 15) is 0 Å². The topological polar surface area (TPSA) is 9.23 Å². The van der Waals surface area contributed by atoms with E-state index >= 15 is 0 Å². The first-order chi connectivity index (χ1) is 3.56. The Kier molecular flexibility index (Phi) is 7.31. The quantitative estimate of drug-likeness (QED) is 0.403. The Morgan fingerprint density at radius 1 is 1.50 bits per heavy atom.